The van der Waals surface area contributed by atoms with Crippen LogP contribution in [0.25, 0.3) is 5.78 Å². The SMILES string of the molecule is CSc1nc2nc(C)c(CCC(=O)NCc3ccc(C)c(F)c3)c(C)n2n1. The summed E-state index contributed by atoms with van der Waals surface area (Å²) >= 11 is 1.47. The largest absolute Gasteiger partial charge is 0.352 e. The topological polar surface area (TPSA) is 72.2 Å². The van der Waals surface area contributed by atoms with Crippen LogP contribution in [0.2, 0.25) is 0 Å². The van der Waals surface area contributed by atoms with Gasteiger partial charge in [0.2, 0.25) is 11.1 Å². The molecule has 0 spiro atoms. The van der Waals surface area contributed by atoms with Crippen molar-refractivity contribution in [1.29, 1.82) is 0 Å². The molecule has 0 saturated carbocycles. The molecule has 3 aromatic rings. The molecule has 6 nitrogen and oxygen atoms in total. The number of nitrogens with one attached hydrogen (secondary N) is 1. The van der Waals surface area contributed by atoms with Gasteiger partial charge < -0.3 is 5.32 Å². The Hall–Kier alpha value is -2.48. The van der Waals surface area contributed by atoms with Crippen LogP contribution in [0, 0.1) is 26.6 Å². The van der Waals surface area contributed by atoms with E-state index < -0.39 is 0 Å². The molecule has 0 aliphatic carbocycles. The lowest BCUT2D eigenvalue weighted by Crippen LogP contribution is -2.23. The van der Waals surface area contributed by atoms with E-state index in [1.807, 2.05) is 26.2 Å². The number of carbonyl (C=O) groups is 1. The summed E-state index contributed by atoms with van der Waals surface area (Å²) in [5.41, 5.74) is 4.13. The van der Waals surface area contributed by atoms with Gasteiger partial charge in [-0.05, 0) is 56.2 Å². The minimum absolute atomic E-state index is 0.0849. The van der Waals surface area contributed by atoms with Gasteiger partial charge in [0.25, 0.3) is 5.78 Å². The molecule has 2 aromatic heterocycles. The number of amides is 1. The standard InChI is InChI=1S/C19H22FN5OS/c1-11-5-6-14(9-16(11)20)10-21-17(26)8-7-15-12(2)22-18-23-19(27-4)24-25(18)13(15)3/h5-6,9H,7-8,10H2,1-4H3,(H,21,26). The predicted octanol–water partition coefficient (Wildman–Crippen LogP) is 3.16. The van der Waals surface area contributed by atoms with Crippen LogP contribution in [-0.4, -0.2) is 31.7 Å². The third kappa shape index (κ3) is 4.27. The first-order chi connectivity index (χ1) is 12.9. The Morgan fingerprint density at radius 1 is 1.26 bits per heavy atom. The Bertz CT molecular complexity index is 1000. The first-order valence-corrected chi connectivity index (χ1v) is 9.90. The first-order valence-electron chi connectivity index (χ1n) is 8.67. The Labute approximate surface area is 161 Å². The lowest BCUT2D eigenvalue weighted by Gasteiger charge is -2.11. The molecule has 2 heterocycles. The molecule has 0 aliphatic heterocycles. The highest BCUT2D eigenvalue weighted by Gasteiger charge is 2.14. The minimum Gasteiger partial charge on any atom is -0.352 e. The summed E-state index contributed by atoms with van der Waals surface area (Å²) in [4.78, 5) is 21.1. The zero-order valence-corrected chi connectivity index (χ0v) is 16.7. The highest BCUT2D eigenvalue weighted by Crippen LogP contribution is 2.18. The van der Waals surface area contributed by atoms with Crippen molar-refractivity contribution in [2.75, 3.05) is 6.26 Å². The van der Waals surface area contributed by atoms with Crippen molar-refractivity contribution in [2.45, 2.75) is 45.3 Å². The number of fused-ring (bicyclic) bond motifs is 1. The van der Waals surface area contributed by atoms with Gasteiger partial charge in [0.1, 0.15) is 5.82 Å². The zero-order valence-electron chi connectivity index (χ0n) is 15.8. The molecule has 1 aromatic carbocycles. The van der Waals surface area contributed by atoms with Gasteiger partial charge in [-0.1, -0.05) is 23.9 Å². The number of rotatable bonds is 6. The maximum absolute atomic E-state index is 13.6. The number of nitrogens with zero attached hydrogens (tertiary/aromatic N) is 4. The average Bonchev–Trinajstić information content (AvgIpc) is 3.05. The lowest BCUT2D eigenvalue weighted by molar-refractivity contribution is -0.121. The maximum atomic E-state index is 13.6. The van der Waals surface area contributed by atoms with Crippen molar-refractivity contribution < 1.29 is 9.18 Å². The third-order valence-electron chi connectivity index (χ3n) is 4.54. The van der Waals surface area contributed by atoms with Crippen LogP contribution in [-0.2, 0) is 17.8 Å². The maximum Gasteiger partial charge on any atom is 0.253 e. The van der Waals surface area contributed by atoms with E-state index in [0.29, 0.717) is 35.9 Å². The summed E-state index contributed by atoms with van der Waals surface area (Å²) < 4.78 is 15.3. The smallest absolute Gasteiger partial charge is 0.253 e. The molecule has 3 rings (SSSR count). The van der Waals surface area contributed by atoms with Crippen molar-refractivity contribution in [3.63, 3.8) is 0 Å². The molecule has 0 aliphatic rings. The van der Waals surface area contributed by atoms with Crippen LogP contribution in [0.3, 0.4) is 0 Å². The molecule has 0 atom stereocenters. The number of hydrogen-bond acceptors (Lipinski definition) is 5. The minimum atomic E-state index is -0.259. The van der Waals surface area contributed by atoms with Crippen molar-refractivity contribution in [1.82, 2.24) is 24.9 Å². The fraction of sp³-hybridized carbons (Fsp3) is 0.368. The van der Waals surface area contributed by atoms with Crippen LogP contribution < -0.4 is 5.32 Å². The van der Waals surface area contributed by atoms with Gasteiger partial charge in [-0.2, -0.15) is 4.98 Å². The monoisotopic (exact) mass is 387 g/mol. The molecule has 0 fully saturated rings. The quantitative estimate of drug-likeness (QED) is 0.658. The fourth-order valence-electron chi connectivity index (χ4n) is 2.91. The second kappa shape index (κ2) is 8.04. The zero-order chi connectivity index (χ0) is 19.6. The second-order valence-electron chi connectivity index (χ2n) is 6.43. The Balaban J connectivity index is 1.65. The van der Waals surface area contributed by atoms with Crippen LogP contribution in [0.1, 0.15) is 34.5 Å². The highest BCUT2D eigenvalue weighted by atomic mass is 32.2. The Morgan fingerprint density at radius 3 is 2.74 bits per heavy atom. The summed E-state index contributed by atoms with van der Waals surface area (Å²) in [6.07, 6.45) is 2.80. The predicted molar refractivity (Wildman–Crippen MR) is 103 cm³/mol. The fourth-order valence-corrected chi connectivity index (χ4v) is 3.25. The van der Waals surface area contributed by atoms with Gasteiger partial charge in [-0.15, -0.1) is 5.10 Å². The van der Waals surface area contributed by atoms with E-state index in [0.717, 1.165) is 22.5 Å². The van der Waals surface area contributed by atoms with E-state index in [-0.39, 0.29) is 11.7 Å². The normalized spacial score (nSPS) is 11.1. The summed E-state index contributed by atoms with van der Waals surface area (Å²) in [5.74, 6) is 0.229. The van der Waals surface area contributed by atoms with Crippen molar-refractivity contribution in [3.05, 3.63) is 52.1 Å². The van der Waals surface area contributed by atoms with Crippen molar-refractivity contribution in [3.8, 4) is 0 Å². The summed E-state index contributed by atoms with van der Waals surface area (Å²) in [6, 6.07) is 4.99. The number of thioether (sulfide) groups is 1. The van der Waals surface area contributed by atoms with E-state index in [1.54, 1.807) is 17.5 Å². The molecule has 0 bridgehead atoms. The first kappa shape index (κ1) is 19.3. The van der Waals surface area contributed by atoms with Crippen molar-refractivity contribution >= 4 is 23.4 Å². The molecule has 0 saturated heterocycles. The molecule has 1 N–H and O–H groups in total. The van der Waals surface area contributed by atoms with Crippen LogP contribution in [0.4, 0.5) is 4.39 Å². The molecule has 1 amide bonds. The van der Waals surface area contributed by atoms with E-state index in [2.05, 4.69) is 20.4 Å². The number of halogens is 1. The number of aryl methyl sites for hydroxylation is 3. The summed E-state index contributed by atoms with van der Waals surface area (Å²) in [6.45, 7) is 5.90. The number of hydrogen-bond donors (Lipinski definition) is 1. The molecule has 0 unspecified atom stereocenters. The second-order valence-corrected chi connectivity index (χ2v) is 7.21. The summed E-state index contributed by atoms with van der Waals surface area (Å²) in [5, 5.41) is 7.93. The van der Waals surface area contributed by atoms with Crippen LogP contribution in [0.5, 0.6) is 0 Å². The third-order valence-corrected chi connectivity index (χ3v) is 5.08. The highest BCUT2D eigenvalue weighted by molar-refractivity contribution is 7.98. The van der Waals surface area contributed by atoms with E-state index in [9.17, 15) is 9.18 Å². The van der Waals surface area contributed by atoms with Gasteiger partial charge in [0, 0.05) is 24.4 Å². The molecular formula is C19H22FN5OS. The van der Waals surface area contributed by atoms with Gasteiger partial charge in [0.05, 0.1) is 0 Å². The average molecular weight is 387 g/mol. The Kier molecular flexibility index (Phi) is 5.74. The van der Waals surface area contributed by atoms with E-state index >= 15 is 0 Å². The van der Waals surface area contributed by atoms with Gasteiger partial charge in [-0.3, -0.25) is 4.79 Å². The van der Waals surface area contributed by atoms with Gasteiger partial charge in [0.15, 0.2) is 0 Å². The van der Waals surface area contributed by atoms with Gasteiger partial charge >= 0.3 is 0 Å². The number of benzene rings is 1. The number of aromatic nitrogens is 4. The lowest BCUT2D eigenvalue weighted by atomic mass is 10.1. The molecule has 27 heavy (non-hydrogen) atoms. The molecule has 142 valence electrons. The Morgan fingerprint density at radius 2 is 2.04 bits per heavy atom. The molecule has 0 radical (unpaired) electrons. The van der Waals surface area contributed by atoms with Crippen LogP contribution in [0.15, 0.2) is 23.4 Å². The van der Waals surface area contributed by atoms with Crippen molar-refractivity contribution in [2.24, 2.45) is 0 Å². The summed E-state index contributed by atoms with van der Waals surface area (Å²) in [7, 11) is 0. The molecule has 8 heteroatoms. The molecular weight excluding hydrogens is 365 g/mol. The van der Waals surface area contributed by atoms with E-state index in [4.69, 9.17) is 0 Å². The van der Waals surface area contributed by atoms with Crippen LogP contribution >= 0.6 is 11.8 Å². The van der Waals surface area contributed by atoms with Gasteiger partial charge in [-0.25, -0.2) is 13.9 Å². The number of carbonyl (C=O) groups excluding carboxylic acids is 1. The van der Waals surface area contributed by atoms with E-state index in [1.165, 1.54) is 17.8 Å².